The van der Waals surface area contributed by atoms with Crippen LogP contribution in [0.4, 0.5) is 0 Å². The first-order valence-corrected chi connectivity index (χ1v) is 7.85. The van der Waals surface area contributed by atoms with Crippen molar-refractivity contribution in [3.8, 4) is 0 Å². The number of carbonyl (C=O) groups is 1. The fraction of sp³-hybridized carbons (Fsp3) is 0.533. The first kappa shape index (κ1) is 15.9. The summed E-state index contributed by atoms with van der Waals surface area (Å²) in [6.45, 7) is 5.78. The zero-order valence-corrected chi connectivity index (χ0v) is 14.0. The lowest BCUT2D eigenvalue weighted by molar-refractivity contribution is -0.127. The number of hydrogen-bond acceptors (Lipinski definition) is 1. The van der Waals surface area contributed by atoms with E-state index in [0.717, 1.165) is 5.56 Å². The van der Waals surface area contributed by atoms with Crippen LogP contribution in [-0.4, -0.2) is 10.2 Å². The number of nitrogens with one attached hydrogen (secondary N) is 1. The molecule has 1 aliphatic carbocycles. The van der Waals surface area contributed by atoms with Gasteiger partial charge in [0.05, 0.1) is 11.5 Å². The molecular formula is C15H18Cl3NO. The summed E-state index contributed by atoms with van der Waals surface area (Å²) in [7, 11) is 0. The molecule has 20 heavy (non-hydrogen) atoms. The maximum atomic E-state index is 12.5. The zero-order valence-electron chi connectivity index (χ0n) is 11.7. The maximum absolute atomic E-state index is 12.5. The van der Waals surface area contributed by atoms with E-state index in [0.29, 0.717) is 11.4 Å². The summed E-state index contributed by atoms with van der Waals surface area (Å²) >= 11 is 18.4. The van der Waals surface area contributed by atoms with Gasteiger partial charge in [-0.3, -0.25) is 4.79 Å². The molecule has 0 saturated heterocycles. The summed E-state index contributed by atoms with van der Waals surface area (Å²) in [5, 5.41) is 3.68. The van der Waals surface area contributed by atoms with Gasteiger partial charge in [-0.1, -0.05) is 37.6 Å². The van der Waals surface area contributed by atoms with Crippen LogP contribution in [-0.2, 0) is 4.79 Å². The topological polar surface area (TPSA) is 29.1 Å². The lowest BCUT2D eigenvalue weighted by Crippen LogP contribution is -2.36. The fourth-order valence-electron chi connectivity index (χ4n) is 2.85. The zero-order chi connectivity index (χ0) is 15.1. The van der Waals surface area contributed by atoms with Crippen LogP contribution in [0.1, 0.15) is 38.8 Å². The van der Waals surface area contributed by atoms with E-state index in [2.05, 4.69) is 5.32 Å². The van der Waals surface area contributed by atoms with Crippen molar-refractivity contribution in [3.05, 3.63) is 34.9 Å². The van der Waals surface area contributed by atoms with Crippen molar-refractivity contribution < 1.29 is 4.79 Å². The van der Waals surface area contributed by atoms with Crippen LogP contribution in [0, 0.1) is 11.3 Å². The van der Waals surface area contributed by atoms with Crippen LogP contribution in [0.15, 0.2) is 24.3 Å². The Labute approximate surface area is 134 Å². The minimum Gasteiger partial charge on any atom is -0.349 e. The second-order valence-electron chi connectivity index (χ2n) is 5.42. The monoisotopic (exact) mass is 333 g/mol. The molecule has 1 saturated carbocycles. The molecule has 110 valence electrons. The number of benzene rings is 1. The lowest BCUT2D eigenvalue weighted by Gasteiger charge is -2.20. The van der Waals surface area contributed by atoms with Crippen molar-refractivity contribution >= 4 is 40.7 Å². The molecule has 1 aliphatic rings. The fourth-order valence-corrected chi connectivity index (χ4v) is 4.01. The second kappa shape index (κ2) is 5.40. The quantitative estimate of drug-likeness (QED) is 0.792. The van der Waals surface area contributed by atoms with Gasteiger partial charge in [0, 0.05) is 10.9 Å². The Hall–Kier alpha value is -0.440. The highest BCUT2D eigenvalue weighted by molar-refractivity contribution is 6.53. The molecule has 3 atom stereocenters. The first-order chi connectivity index (χ1) is 9.27. The van der Waals surface area contributed by atoms with Gasteiger partial charge in [-0.2, -0.15) is 0 Å². The summed E-state index contributed by atoms with van der Waals surface area (Å²) in [6.07, 6.45) is 0.625. The van der Waals surface area contributed by atoms with Crippen LogP contribution in [0.2, 0.25) is 5.02 Å². The molecule has 5 heteroatoms. The molecule has 1 aromatic carbocycles. The van der Waals surface area contributed by atoms with Gasteiger partial charge in [-0.25, -0.2) is 0 Å². The standard InChI is InChI=1S/C15H18Cl3NO/c1-4-14(10(3)15(14,17)18)13(20)19-9(2)11-5-7-12(16)8-6-11/h5-10H,4H2,1-3H3,(H,19,20)/t9-,10?,14?/m1/s1. The van der Waals surface area contributed by atoms with Crippen molar-refractivity contribution in [2.45, 2.75) is 37.6 Å². The van der Waals surface area contributed by atoms with Gasteiger partial charge in [-0.05, 0) is 31.0 Å². The Morgan fingerprint density at radius 1 is 1.35 bits per heavy atom. The van der Waals surface area contributed by atoms with Gasteiger partial charge in [0.1, 0.15) is 4.33 Å². The second-order valence-corrected chi connectivity index (χ2v) is 7.24. The van der Waals surface area contributed by atoms with Crippen LogP contribution in [0.3, 0.4) is 0 Å². The molecule has 0 aliphatic heterocycles. The molecule has 0 heterocycles. The van der Waals surface area contributed by atoms with Crippen molar-refractivity contribution in [2.75, 3.05) is 0 Å². The Balaban J connectivity index is 2.11. The number of hydrogen-bond donors (Lipinski definition) is 1. The molecule has 2 rings (SSSR count). The maximum Gasteiger partial charge on any atom is 0.230 e. The highest BCUT2D eigenvalue weighted by Crippen LogP contribution is 2.70. The average Bonchev–Trinajstić information content (AvgIpc) is 2.84. The number of alkyl halides is 2. The van der Waals surface area contributed by atoms with E-state index in [4.69, 9.17) is 34.8 Å². The van der Waals surface area contributed by atoms with Gasteiger partial charge >= 0.3 is 0 Å². The molecule has 2 nitrogen and oxygen atoms in total. The third-order valence-electron chi connectivity index (χ3n) is 4.47. The number of carbonyl (C=O) groups excluding carboxylic acids is 1. The largest absolute Gasteiger partial charge is 0.349 e. The van der Waals surface area contributed by atoms with E-state index in [-0.39, 0.29) is 17.9 Å². The Kier molecular flexibility index (Phi) is 4.30. The lowest BCUT2D eigenvalue weighted by atomic mass is 9.98. The van der Waals surface area contributed by atoms with E-state index in [1.165, 1.54) is 0 Å². The number of rotatable bonds is 4. The normalized spacial score (nSPS) is 28.8. The summed E-state index contributed by atoms with van der Waals surface area (Å²) < 4.78 is -0.967. The van der Waals surface area contributed by atoms with Gasteiger partial charge in [-0.15, -0.1) is 23.2 Å². The highest BCUT2D eigenvalue weighted by atomic mass is 35.5. The molecule has 0 radical (unpaired) electrons. The molecular weight excluding hydrogens is 317 g/mol. The van der Waals surface area contributed by atoms with E-state index < -0.39 is 9.75 Å². The van der Waals surface area contributed by atoms with Crippen LogP contribution < -0.4 is 5.32 Å². The van der Waals surface area contributed by atoms with Gasteiger partial charge in [0.25, 0.3) is 0 Å². The van der Waals surface area contributed by atoms with Crippen LogP contribution in [0.5, 0.6) is 0 Å². The smallest absolute Gasteiger partial charge is 0.230 e. The molecule has 0 aromatic heterocycles. The summed E-state index contributed by atoms with van der Waals surface area (Å²) in [4.78, 5) is 12.5. The van der Waals surface area contributed by atoms with E-state index in [9.17, 15) is 4.79 Å². The number of halogens is 3. The predicted molar refractivity (Wildman–Crippen MR) is 84.3 cm³/mol. The van der Waals surface area contributed by atoms with Gasteiger partial charge in [0.15, 0.2) is 0 Å². The van der Waals surface area contributed by atoms with Gasteiger partial charge < -0.3 is 5.32 Å². The first-order valence-electron chi connectivity index (χ1n) is 6.71. The molecule has 2 unspecified atom stereocenters. The summed E-state index contributed by atoms with van der Waals surface area (Å²) in [6, 6.07) is 7.30. The minimum atomic E-state index is -0.967. The highest BCUT2D eigenvalue weighted by Gasteiger charge is 2.76. The SMILES string of the molecule is CCC1(C(=O)N[C@H](C)c2ccc(Cl)cc2)C(C)C1(Cl)Cl. The van der Waals surface area contributed by atoms with Gasteiger partial charge in [0.2, 0.25) is 5.91 Å². The van der Waals surface area contributed by atoms with Crippen LogP contribution in [0.25, 0.3) is 0 Å². The molecule has 0 bridgehead atoms. The average molecular weight is 335 g/mol. The summed E-state index contributed by atoms with van der Waals surface area (Å²) in [5.74, 6) is -0.124. The van der Waals surface area contributed by atoms with E-state index >= 15 is 0 Å². The van der Waals surface area contributed by atoms with Crippen molar-refractivity contribution in [3.63, 3.8) is 0 Å². The van der Waals surface area contributed by atoms with Crippen molar-refractivity contribution in [2.24, 2.45) is 11.3 Å². The third-order valence-corrected chi connectivity index (χ3v) is 6.06. The van der Waals surface area contributed by atoms with E-state index in [1.807, 2.05) is 45.0 Å². The third kappa shape index (κ3) is 2.32. The molecule has 1 amide bonds. The summed E-state index contributed by atoms with van der Waals surface area (Å²) in [5.41, 5.74) is 0.314. The molecule has 0 spiro atoms. The predicted octanol–water partition coefficient (Wildman–Crippen LogP) is 4.74. The Bertz CT molecular complexity index is 514. The Morgan fingerprint density at radius 3 is 2.25 bits per heavy atom. The molecule has 1 aromatic rings. The molecule has 1 fully saturated rings. The van der Waals surface area contributed by atoms with E-state index in [1.54, 1.807) is 0 Å². The number of amides is 1. The van der Waals surface area contributed by atoms with Crippen molar-refractivity contribution in [1.82, 2.24) is 5.32 Å². The van der Waals surface area contributed by atoms with Crippen molar-refractivity contribution in [1.29, 1.82) is 0 Å². The van der Waals surface area contributed by atoms with Crippen LogP contribution >= 0.6 is 34.8 Å². The molecule has 1 N–H and O–H groups in total. The minimum absolute atomic E-state index is 0.0410. The Morgan fingerprint density at radius 2 is 1.85 bits per heavy atom.